The van der Waals surface area contributed by atoms with Crippen molar-refractivity contribution >= 4 is 51.0 Å². The quantitative estimate of drug-likeness (QED) is 0.763. The molecule has 1 amide bonds. The molecule has 120 valence electrons. The summed E-state index contributed by atoms with van der Waals surface area (Å²) in [6, 6.07) is 7.83. The lowest BCUT2D eigenvalue weighted by molar-refractivity contribution is -0.114. The van der Waals surface area contributed by atoms with Gasteiger partial charge in [-0.15, -0.1) is 28.3 Å². The number of nitrogens with one attached hydrogen (secondary N) is 1. The number of benzene rings is 1. The molecule has 2 aromatic rings. The highest BCUT2D eigenvalue weighted by molar-refractivity contribution is 8.93. The number of aromatic nitrogens is 1. The Morgan fingerprint density at radius 1 is 1.27 bits per heavy atom. The molecule has 0 spiro atoms. The van der Waals surface area contributed by atoms with Gasteiger partial charge >= 0.3 is 0 Å². The Kier molecular flexibility index (Phi) is 6.59. The second-order valence-corrected chi connectivity index (χ2v) is 7.55. The molecule has 22 heavy (non-hydrogen) atoms. The molecule has 6 heteroatoms. The van der Waals surface area contributed by atoms with Crippen molar-refractivity contribution in [2.45, 2.75) is 39.5 Å². The van der Waals surface area contributed by atoms with Crippen molar-refractivity contribution < 1.29 is 4.79 Å². The van der Waals surface area contributed by atoms with Crippen LogP contribution in [0.3, 0.4) is 0 Å². The van der Waals surface area contributed by atoms with Crippen LogP contribution in [0.15, 0.2) is 24.3 Å². The summed E-state index contributed by atoms with van der Waals surface area (Å²) in [6.45, 7) is 7.89. The van der Waals surface area contributed by atoms with E-state index in [0.29, 0.717) is 5.13 Å². The Morgan fingerprint density at radius 2 is 1.86 bits per heavy atom. The third-order valence-corrected chi connectivity index (χ3v) is 4.19. The van der Waals surface area contributed by atoms with E-state index in [0.717, 1.165) is 17.1 Å². The first-order valence-corrected chi connectivity index (χ1v) is 7.97. The van der Waals surface area contributed by atoms with E-state index in [2.05, 4.69) is 31.1 Å². The van der Waals surface area contributed by atoms with E-state index in [-0.39, 0.29) is 28.3 Å². The number of nitrogens with zero attached hydrogens (tertiary/aromatic N) is 1. The SMILES string of the molecule is Br.CC(=O)Nc1nc(C(C)(C)C)c(Cc2ccc(Cl)cc2)s1. The van der Waals surface area contributed by atoms with Crippen LogP contribution in [0, 0.1) is 0 Å². The van der Waals surface area contributed by atoms with Crippen molar-refractivity contribution in [2.75, 3.05) is 5.32 Å². The molecule has 0 bridgehead atoms. The fraction of sp³-hybridized carbons (Fsp3) is 0.375. The molecule has 0 fully saturated rings. The zero-order valence-electron chi connectivity index (χ0n) is 13.1. The molecule has 0 atom stereocenters. The number of halogens is 2. The molecule has 3 nitrogen and oxygen atoms in total. The summed E-state index contributed by atoms with van der Waals surface area (Å²) in [5.41, 5.74) is 2.16. The molecule has 1 N–H and O–H groups in total. The van der Waals surface area contributed by atoms with Crippen molar-refractivity contribution in [3.8, 4) is 0 Å². The summed E-state index contributed by atoms with van der Waals surface area (Å²) in [4.78, 5) is 17.0. The van der Waals surface area contributed by atoms with E-state index in [1.165, 1.54) is 28.7 Å². The number of hydrogen-bond donors (Lipinski definition) is 1. The smallest absolute Gasteiger partial charge is 0.223 e. The van der Waals surface area contributed by atoms with Crippen LogP contribution < -0.4 is 5.32 Å². The maximum atomic E-state index is 11.2. The molecule has 0 aliphatic carbocycles. The normalized spacial score (nSPS) is 11.0. The van der Waals surface area contributed by atoms with Crippen molar-refractivity contribution in [1.29, 1.82) is 0 Å². The fourth-order valence-corrected chi connectivity index (χ4v) is 3.43. The standard InChI is InChI=1S/C16H19ClN2OS.BrH/c1-10(20)18-15-19-14(16(2,3)4)13(21-15)9-11-5-7-12(17)8-6-11;/h5-8H,9H2,1-4H3,(H,18,19,20);1H. The van der Waals surface area contributed by atoms with Gasteiger partial charge in [0.05, 0.1) is 5.69 Å². The summed E-state index contributed by atoms with van der Waals surface area (Å²) < 4.78 is 0. The molecule has 0 saturated heterocycles. The van der Waals surface area contributed by atoms with Gasteiger partial charge in [-0.1, -0.05) is 44.5 Å². The molecule has 0 radical (unpaired) electrons. The molecule has 2 rings (SSSR count). The topological polar surface area (TPSA) is 42.0 Å². The summed E-state index contributed by atoms with van der Waals surface area (Å²) in [5, 5.41) is 4.18. The number of thiazole rings is 1. The molecule has 1 heterocycles. The van der Waals surface area contributed by atoms with Crippen LogP contribution >= 0.6 is 39.9 Å². The Hall–Kier alpha value is -0.910. The van der Waals surface area contributed by atoms with Crippen molar-refractivity contribution in [1.82, 2.24) is 4.98 Å². The second-order valence-electron chi connectivity index (χ2n) is 6.03. The number of carbonyl (C=O) groups is 1. The van der Waals surface area contributed by atoms with E-state index in [1.807, 2.05) is 24.3 Å². The first-order chi connectivity index (χ1) is 9.75. The lowest BCUT2D eigenvalue weighted by Crippen LogP contribution is -2.14. The summed E-state index contributed by atoms with van der Waals surface area (Å²) in [6.07, 6.45) is 0.793. The number of hydrogen-bond acceptors (Lipinski definition) is 3. The molecule has 0 aliphatic rings. The maximum Gasteiger partial charge on any atom is 0.223 e. The van der Waals surface area contributed by atoms with Gasteiger partial charge in [-0.2, -0.15) is 0 Å². The van der Waals surface area contributed by atoms with Gasteiger partial charge in [-0.25, -0.2) is 4.98 Å². The van der Waals surface area contributed by atoms with Gasteiger partial charge in [0.1, 0.15) is 0 Å². The lowest BCUT2D eigenvalue weighted by atomic mass is 9.90. The molecule has 0 unspecified atom stereocenters. The highest BCUT2D eigenvalue weighted by Crippen LogP contribution is 2.33. The van der Waals surface area contributed by atoms with Gasteiger partial charge in [-0.05, 0) is 17.7 Å². The molecule has 0 saturated carbocycles. The predicted octanol–water partition coefficient (Wildman–Crippen LogP) is 5.22. The first-order valence-electron chi connectivity index (χ1n) is 6.78. The van der Waals surface area contributed by atoms with Crippen LogP contribution in [0.25, 0.3) is 0 Å². The van der Waals surface area contributed by atoms with E-state index < -0.39 is 0 Å². The number of carbonyl (C=O) groups excluding carboxylic acids is 1. The van der Waals surface area contributed by atoms with Crippen LogP contribution in [0.4, 0.5) is 5.13 Å². The molecular weight excluding hydrogens is 384 g/mol. The third kappa shape index (κ3) is 5.07. The van der Waals surface area contributed by atoms with Crippen molar-refractivity contribution in [2.24, 2.45) is 0 Å². The van der Waals surface area contributed by atoms with Gasteiger partial charge in [-0.3, -0.25) is 4.79 Å². The minimum atomic E-state index is -0.0951. The zero-order chi connectivity index (χ0) is 15.6. The Balaban J connectivity index is 0.00000242. The Morgan fingerprint density at radius 3 is 2.36 bits per heavy atom. The minimum absolute atomic E-state index is 0. The van der Waals surface area contributed by atoms with Crippen LogP contribution in [-0.2, 0) is 16.6 Å². The average Bonchev–Trinajstić information content (AvgIpc) is 2.74. The van der Waals surface area contributed by atoms with Gasteiger partial charge in [0.15, 0.2) is 5.13 Å². The van der Waals surface area contributed by atoms with Gasteiger partial charge in [0, 0.05) is 28.7 Å². The van der Waals surface area contributed by atoms with Gasteiger partial charge < -0.3 is 5.32 Å². The summed E-state index contributed by atoms with van der Waals surface area (Å²) in [5.74, 6) is -0.0951. The molecule has 1 aromatic heterocycles. The Bertz CT molecular complexity index is 647. The monoisotopic (exact) mass is 402 g/mol. The van der Waals surface area contributed by atoms with Crippen molar-refractivity contribution in [3.05, 3.63) is 45.4 Å². The number of amides is 1. The molecular formula is C16H20BrClN2OS. The second kappa shape index (κ2) is 7.57. The number of anilines is 1. The van der Waals surface area contributed by atoms with Crippen LogP contribution in [0.2, 0.25) is 5.02 Å². The van der Waals surface area contributed by atoms with E-state index in [4.69, 9.17) is 11.6 Å². The average molecular weight is 404 g/mol. The van der Waals surface area contributed by atoms with E-state index in [9.17, 15) is 4.79 Å². The third-order valence-electron chi connectivity index (χ3n) is 2.97. The number of rotatable bonds is 3. The molecule has 1 aromatic carbocycles. The zero-order valence-corrected chi connectivity index (χ0v) is 16.4. The lowest BCUT2D eigenvalue weighted by Gasteiger charge is -2.17. The predicted molar refractivity (Wildman–Crippen MR) is 99.7 cm³/mol. The van der Waals surface area contributed by atoms with Crippen LogP contribution in [0.5, 0.6) is 0 Å². The van der Waals surface area contributed by atoms with Crippen LogP contribution in [-0.4, -0.2) is 10.9 Å². The first kappa shape index (κ1) is 19.1. The Labute approximate surface area is 150 Å². The van der Waals surface area contributed by atoms with E-state index in [1.54, 1.807) is 0 Å². The molecule has 0 aliphatic heterocycles. The van der Waals surface area contributed by atoms with Crippen molar-refractivity contribution in [3.63, 3.8) is 0 Å². The van der Waals surface area contributed by atoms with E-state index >= 15 is 0 Å². The fourth-order valence-electron chi connectivity index (χ4n) is 2.05. The van der Waals surface area contributed by atoms with Crippen LogP contribution in [0.1, 0.15) is 43.8 Å². The summed E-state index contributed by atoms with van der Waals surface area (Å²) in [7, 11) is 0. The van der Waals surface area contributed by atoms with Gasteiger partial charge in [0.2, 0.25) is 5.91 Å². The summed E-state index contributed by atoms with van der Waals surface area (Å²) >= 11 is 7.46. The maximum absolute atomic E-state index is 11.2. The highest BCUT2D eigenvalue weighted by Gasteiger charge is 2.23. The minimum Gasteiger partial charge on any atom is -0.302 e. The van der Waals surface area contributed by atoms with Gasteiger partial charge in [0.25, 0.3) is 0 Å². The largest absolute Gasteiger partial charge is 0.302 e. The highest BCUT2D eigenvalue weighted by atomic mass is 79.9.